The molecule has 0 spiro atoms. The third-order valence-electron chi connectivity index (χ3n) is 4.34. The van der Waals surface area contributed by atoms with Crippen LogP contribution in [0.25, 0.3) is 0 Å². The number of aromatic nitrogens is 1. The van der Waals surface area contributed by atoms with Crippen LogP contribution in [0.2, 0.25) is 0 Å². The minimum absolute atomic E-state index is 0.0843. The van der Waals surface area contributed by atoms with Gasteiger partial charge in [-0.15, -0.1) is 0 Å². The van der Waals surface area contributed by atoms with Crippen LogP contribution in [0.1, 0.15) is 24.0 Å². The number of amides is 1. The predicted octanol–water partition coefficient (Wildman–Crippen LogP) is 2.41. The van der Waals surface area contributed by atoms with Gasteiger partial charge in [0.05, 0.1) is 23.8 Å². The number of hydrogen-bond donors (Lipinski definition) is 1. The summed E-state index contributed by atoms with van der Waals surface area (Å²) in [5, 5.41) is 13.6. The standard InChI is InChI=1S/C18H19N3O4/c1-25-17-10-15(21(23)24)6-7-16(17)19-18(22)12-20-9-8-13-4-2-3-5-14(13)11-20/h6-11H,2-5,12H2,1H3/p+1. The first-order valence-corrected chi connectivity index (χ1v) is 8.20. The van der Waals surface area contributed by atoms with Crippen molar-refractivity contribution in [1.29, 1.82) is 0 Å². The van der Waals surface area contributed by atoms with Crippen molar-refractivity contribution in [3.8, 4) is 5.75 Å². The number of nitro groups is 1. The van der Waals surface area contributed by atoms with E-state index in [0.717, 1.165) is 12.8 Å². The summed E-state index contributed by atoms with van der Waals surface area (Å²) in [4.78, 5) is 22.6. The molecule has 1 aromatic heterocycles. The van der Waals surface area contributed by atoms with E-state index < -0.39 is 4.92 Å². The number of benzene rings is 1. The Morgan fingerprint density at radius 2 is 2.04 bits per heavy atom. The van der Waals surface area contributed by atoms with Crippen LogP contribution in [-0.2, 0) is 24.2 Å². The first-order valence-electron chi connectivity index (χ1n) is 8.20. The van der Waals surface area contributed by atoms with Gasteiger partial charge in [-0.3, -0.25) is 14.9 Å². The fourth-order valence-electron chi connectivity index (χ4n) is 3.07. The normalized spacial score (nSPS) is 13.0. The molecule has 1 heterocycles. The van der Waals surface area contributed by atoms with Crippen LogP contribution in [0.4, 0.5) is 11.4 Å². The number of fused-ring (bicyclic) bond motifs is 1. The molecular formula is C18H20N3O4+. The molecule has 1 aromatic carbocycles. The smallest absolute Gasteiger partial charge is 0.290 e. The number of ether oxygens (including phenoxy) is 1. The minimum atomic E-state index is -0.503. The van der Waals surface area contributed by atoms with E-state index in [4.69, 9.17) is 4.74 Å². The van der Waals surface area contributed by atoms with Gasteiger partial charge in [0.1, 0.15) is 5.75 Å². The van der Waals surface area contributed by atoms with Gasteiger partial charge in [-0.25, -0.2) is 0 Å². The maximum Gasteiger partial charge on any atom is 0.290 e. The van der Waals surface area contributed by atoms with Crippen LogP contribution >= 0.6 is 0 Å². The van der Waals surface area contributed by atoms with Gasteiger partial charge in [0.25, 0.3) is 11.6 Å². The van der Waals surface area contributed by atoms with Crippen molar-refractivity contribution in [2.24, 2.45) is 0 Å². The van der Waals surface area contributed by atoms with Crippen molar-refractivity contribution in [3.05, 3.63) is 57.9 Å². The molecule has 0 saturated heterocycles. The maximum atomic E-state index is 12.3. The molecule has 1 N–H and O–H groups in total. The van der Waals surface area contributed by atoms with E-state index in [0.29, 0.717) is 5.69 Å². The monoisotopic (exact) mass is 342 g/mol. The van der Waals surface area contributed by atoms with Crippen molar-refractivity contribution < 1.29 is 19.0 Å². The van der Waals surface area contributed by atoms with Gasteiger partial charge in [0.15, 0.2) is 12.4 Å². The Morgan fingerprint density at radius 1 is 1.28 bits per heavy atom. The zero-order chi connectivity index (χ0) is 17.8. The second kappa shape index (κ2) is 7.29. The SMILES string of the molecule is COc1cc([N+](=O)[O-])ccc1NC(=O)C[n+]1ccc2c(c1)CCCC2. The molecule has 7 nitrogen and oxygen atoms in total. The van der Waals surface area contributed by atoms with Crippen molar-refractivity contribution >= 4 is 17.3 Å². The lowest BCUT2D eigenvalue weighted by Gasteiger charge is -2.13. The first-order chi connectivity index (χ1) is 12.1. The van der Waals surface area contributed by atoms with Gasteiger partial charge in [-0.2, -0.15) is 4.57 Å². The Balaban J connectivity index is 1.71. The molecule has 0 atom stereocenters. The molecule has 0 unspecified atom stereocenters. The van der Waals surface area contributed by atoms with Crippen molar-refractivity contribution in [2.45, 2.75) is 32.2 Å². The molecule has 130 valence electrons. The van der Waals surface area contributed by atoms with E-state index in [1.54, 1.807) is 0 Å². The van der Waals surface area contributed by atoms with Gasteiger partial charge >= 0.3 is 0 Å². The number of carbonyl (C=O) groups excluding carboxylic acids is 1. The zero-order valence-electron chi connectivity index (χ0n) is 14.0. The lowest BCUT2D eigenvalue weighted by Crippen LogP contribution is -2.40. The Bertz CT molecular complexity index is 820. The molecule has 0 aliphatic heterocycles. The highest BCUT2D eigenvalue weighted by Crippen LogP contribution is 2.28. The largest absolute Gasteiger partial charge is 0.494 e. The number of nitro benzene ring substituents is 1. The zero-order valence-corrected chi connectivity index (χ0v) is 14.0. The quantitative estimate of drug-likeness (QED) is 0.514. The van der Waals surface area contributed by atoms with Gasteiger partial charge in [0.2, 0.25) is 6.54 Å². The molecule has 0 bridgehead atoms. The molecule has 1 aliphatic rings. The van der Waals surface area contributed by atoms with E-state index in [9.17, 15) is 14.9 Å². The molecule has 25 heavy (non-hydrogen) atoms. The molecule has 0 radical (unpaired) electrons. The highest BCUT2D eigenvalue weighted by molar-refractivity contribution is 5.91. The van der Waals surface area contributed by atoms with Gasteiger partial charge in [0, 0.05) is 17.7 Å². The van der Waals surface area contributed by atoms with Crippen molar-refractivity contribution in [1.82, 2.24) is 0 Å². The predicted molar refractivity (Wildman–Crippen MR) is 91.6 cm³/mol. The highest BCUT2D eigenvalue weighted by Gasteiger charge is 2.18. The number of pyridine rings is 1. The topological polar surface area (TPSA) is 85.3 Å². The van der Waals surface area contributed by atoms with Gasteiger partial charge in [-0.05, 0) is 37.3 Å². The minimum Gasteiger partial charge on any atom is -0.494 e. The summed E-state index contributed by atoms with van der Waals surface area (Å²) in [6.45, 7) is 0.174. The van der Waals surface area contributed by atoms with Crippen molar-refractivity contribution in [2.75, 3.05) is 12.4 Å². The number of hydrogen-bond acceptors (Lipinski definition) is 4. The van der Waals surface area contributed by atoms with Gasteiger partial charge in [-0.1, -0.05) is 0 Å². The van der Waals surface area contributed by atoms with Crippen LogP contribution < -0.4 is 14.6 Å². The lowest BCUT2D eigenvalue weighted by atomic mass is 9.93. The summed E-state index contributed by atoms with van der Waals surface area (Å²) in [5.74, 6) is 0.0471. The van der Waals surface area contributed by atoms with Crippen molar-refractivity contribution in [3.63, 3.8) is 0 Å². The van der Waals surface area contributed by atoms with E-state index in [-0.39, 0.29) is 23.9 Å². The van der Waals surface area contributed by atoms with Crippen LogP contribution in [-0.4, -0.2) is 17.9 Å². The highest BCUT2D eigenvalue weighted by atomic mass is 16.6. The molecule has 0 saturated carbocycles. The Labute approximate surface area is 145 Å². The van der Waals surface area contributed by atoms with E-state index in [1.165, 1.54) is 49.3 Å². The molecular weight excluding hydrogens is 322 g/mol. The Morgan fingerprint density at radius 3 is 2.76 bits per heavy atom. The summed E-state index contributed by atoms with van der Waals surface area (Å²) in [5.41, 5.74) is 2.99. The Hall–Kier alpha value is -2.96. The molecule has 2 aromatic rings. The maximum absolute atomic E-state index is 12.3. The number of nitrogens with zero attached hydrogens (tertiary/aromatic N) is 2. The van der Waals surface area contributed by atoms with E-state index in [2.05, 4.69) is 11.4 Å². The average Bonchev–Trinajstić information content (AvgIpc) is 2.61. The first kappa shape index (κ1) is 16.9. The second-order valence-corrected chi connectivity index (χ2v) is 6.06. The van der Waals surface area contributed by atoms with E-state index in [1.807, 2.05) is 17.0 Å². The summed E-state index contributed by atoms with van der Waals surface area (Å²) in [6.07, 6.45) is 8.49. The number of rotatable bonds is 5. The lowest BCUT2D eigenvalue weighted by molar-refractivity contribution is -0.684. The van der Waals surface area contributed by atoms with Crippen LogP contribution in [0.5, 0.6) is 5.75 Å². The van der Waals surface area contributed by atoms with Crippen LogP contribution in [0, 0.1) is 10.1 Å². The van der Waals surface area contributed by atoms with E-state index >= 15 is 0 Å². The number of carbonyl (C=O) groups is 1. The fourth-order valence-corrected chi connectivity index (χ4v) is 3.07. The molecule has 0 fully saturated rings. The molecule has 1 amide bonds. The molecule has 1 aliphatic carbocycles. The third-order valence-corrected chi connectivity index (χ3v) is 4.34. The number of methoxy groups -OCH3 is 1. The fraction of sp³-hybridized carbons (Fsp3) is 0.333. The summed E-state index contributed by atoms with van der Waals surface area (Å²) in [7, 11) is 1.41. The van der Waals surface area contributed by atoms with Crippen LogP contribution in [0.15, 0.2) is 36.7 Å². The number of non-ortho nitro benzene ring substituents is 1. The second-order valence-electron chi connectivity index (χ2n) is 6.06. The average molecular weight is 342 g/mol. The number of nitrogens with one attached hydrogen (secondary N) is 1. The Kier molecular flexibility index (Phi) is 4.92. The number of anilines is 1. The summed E-state index contributed by atoms with van der Waals surface area (Å²) in [6, 6.07) is 6.19. The van der Waals surface area contributed by atoms with Crippen LogP contribution in [0.3, 0.4) is 0 Å². The van der Waals surface area contributed by atoms with Gasteiger partial charge < -0.3 is 10.1 Å². The molecule has 3 rings (SSSR count). The molecule has 7 heteroatoms. The third kappa shape index (κ3) is 3.93. The summed E-state index contributed by atoms with van der Waals surface area (Å²) >= 11 is 0. The summed E-state index contributed by atoms with van der Waals surface area (Å²) < 4.78 is 6.99. The number of aryl methyl sites for hydroxylation is 2.